The quantitative estimate of drug-likeness (QED) is 0.866. The van der Waals surface area contributed by atoms with E-state index in [-0.39, 0.29) is 23.9 Å². The lowest BCUT2D eigenvalue weighted by Gasteiger charge is -2.20. The fourth-order valence-corrected chi connectivity index (χ4v) is 2.56. The van der Waals surface area contributed by atoms with Crippen LogP contribution in [0, 0.1) is 0 Å². The number of carbonyl (C=O) groups excluding carboxylic acids is 2. The van der Waals surface area contributed by atoms with Crippen LogP contribution in [0.15, 0.2) is 24.3 Å². The SMILES string of the molecule is CC(N)CC(=O)NC(C)c1cccc(N2CCCC2=O)c1. The van der Waals surface area contributed by atoms with Crippen molar-refractivity contribution in [3.8, 4) is 0 Å². The number of hydrogen-bond acceptors (Lipinski definition) is 3. The number of anilines is 1. The molecule has 0 radical (unpaired) electrons. The number of carbonyl (C=O) groups is 2. The van der Waals surface area contributed by atoms with Gasteiger partial charge in [-0.1, -0.05) is 12.1 Å². The molecule has 5 heteroatoms. The second kappa shape index (κ2) is 6.72. The predicted octanol–water partition coefficient (Wildman–Crippen LogP) is 1.73. The van der Waals surface area contributed by atoms with Crippen LogP contribution in [-0.2, 0) is 9.59 Å². The van der Waals surface area contributed by atoms with Crippen LogP contribution in [0.3, 0.4) is 0 Å². The van der Waals surface area contributed by atoms with Gasteiger partial charge >= 0.3 is 0 Å². The third kappa shape index (κ3) is 4.04. The van der Waals surface area contributed by atoms with E-state index in [9.17, 15) is 9.59 Å². The molecule has 1 saturated heterocycles. The van der Waals surface area contributed by atoms with E-state index in [4.69, 9.17) is 5.73 Å². The minimum atomic E-state index is -0.147. The summed E-state index contributed by atoms with van der Waals surface area (Å²) in [6.45, 7) is 4.52. The van der Waals surface area contributed by atoms with Gasteiger partial charge in [-0.2, -0.15) is 0 Å². The van der Waals surface area contributed by atoms with Crippen LogP contribution >= 0.6 is 0 Å². The molecule has 0 bridgehead atoms. The second-order valence-electron chi connectivity index (χ2n) is 5.71. The standard InChI is InChI=1S/C16H23N3O2/c1-11(17)9-15(20)18-12(2)13-5-3-6-14(10-13)19-8-4-7-16(19)21/h3,5-6,10-12H,4,7-9,17H2,1-2H3,(H,18,20). The molecule has 21 heavy (non-hydrogen) atoms. The van der Waals surface area contributed by atoms with Crippen molar-refractivity contribution < 1.29 is 9.59 Å². The summed E-state index contributed by atoms with van der Waals surface area (Å²) in [5.41, 5.74) is 7.52. The first kappa shape index (κ1) is 15.5. The summed E-state index contributed by atoms with van der Waals surface area (Å²) in [7, 11) is 0. The summed E-state index contributed by atoms with van der Waals surface area (Å²) in [6.07, 6.45) is 1.84. The summed E-state index contributed by atoms with van der Waals surface area (Å²) in [4.78, 5) is 25.4. The summed E-state index contributed by atoms with van der Waals surface area (Å²) in [5.74, 6) is 0.112. The van der Waals surface area contributed by atoms with Crippen molar-refractivity contribution >= 4 is 17.5 Å². The van der Waals surface area contributed by atoms with Gasteiger partial charge in [0.1, 0.15) is 0 Å². The summed E-state index contributed by atoms with van der Waals surface area (Å²) < 4.78 is 0. The molecule has 2 amide bonds. The van der Waals surface area contributed by atoms with Crippen molar-refractivity contribution in [3.63, 3.8) is 0 Å². The summed E-state index contributed by atoms with van der Waals surface area (Å²) in [6, 6.07) is 7.54. The van der Waals surface area contributed by atoms with Gasteiger partial charge in [0, 0.05) is 31.1 Å². The molecule has 0 saturated carbocycles. The Morgan fingerprint density at radius 3 is 2.81 bits per heavy atom. The minimum absolute atomic E-state index is 0.0554. The Hall–Kier alpha value is -1.88. The average Bonchev–Trinajstić information content (AvgIpc) is 2.84. The largest absolute Gasteiger partial charge is 0.350 e. The maximum absolute atomic E-state index is 11.8. The van der Waals surface area contributed by atoms with E-state index in [1.54, 1.807) is 4.90 Å². The van der Waals surface area contributed by atoms with E-state index in [0.29, 0.717) is 12.8 Å². The van der Waals surface area contributed by atoms with Gasteiger partial charge in [-0.25, -0.2) is 0 Å². The number of nitrogens with zero attached hydrogens (tertiary/aromatic N) is 1. The Labute approximate surface area is 125 Å². The van der Waals surface area contributed by atoms with Crippen LogP contribution in [-0.4, -0.2) is 24.4 Å². The molecule has 114 valence electrons. The first-order valence-electron chi connectivity index (χ1n) is 7.42. The molecule has 5 nitrogen and oxygen atoms in total. The lowest BCUT2D eigenvalue weighted by molar-refractivity contribution is -0.122. The number of amides is 2. The highest BCUT2D eigenvalue weighted by Crippen LogP contribution is 2.24. The highest BCUT2D eigenvalue weighted by molar-refractivity contribution is 5.95. The van der Waals surface area contributed by atoms with Crippen molar-refractivity contribution in [1.82, 2.24) is 5.32 Å². The summed E-state index contributed by atoms with van der Waals surface area (Å²) >= 11 is 0. The van der Waals surface area contributed by atoms with Crippen molar-refractivity contribution in [2.75, 3.05) is 11.4 Å². The molecule has 2 unspecified atom stereocenters. The molecule has 0 aromatic heterocycles. The van der Waals surface area contributed by atoms with E-state index in [1.165, 1.54) is 0 Å². The van der Waals surface area contributed by atoms with Crippen LogP contribution in [0.4, 0.5) is 5.69 Å². The topological polar surface area (TPSA) is 75.4 Å². The third-order valence-corrected chi connectivity index (χ3v) is 3.64. The Bertz CT molecular complexity index is 528. The van der Waals surface area contributed by atoms with Gasteiger partial charge in [-0.3, -0.25) is 9.59 Å². The normalized spacial score (nSPS) is 17.7. The molecular weight excluding hydrogens is 266 g/mol. The van der Waals surface area contributed by atoms with Gasteiger partial charge in [-0.05, 0) is 38.0 Å². The van der Waals surface area contributed by atoms with Crippen LogP contribution < -0.4 is 16.0 Å². The van der Waals surface area contributed by atoms with Crippen molar-refractivity contribution in [1.29, 1.82) is 0 Å². The van der Waals surface area contributed by atoms with Gasteiger partial charge in [-0.15, -0.1) is 0 Å². The Balaban J connectivity index is 2.06. The highest BCUT2D eigenvalue weighted by Gasteiger charge is 2.22. The maximum Gasteiger partial charge on any atom is 0.227 e. The molecule has 1 fully saturated rings. The number of nitrogens with one attached hydrogen (secondary N) is 1. The molecule has 1 heterocycles. The zero-order chi connectivity index (χ0) is 15.4. The van der Waals surface area contributed by atoms with Gasteiger partial charge < -0.3 is 16.0 Å². The van der Waals surface area contributed by atoms with Crippen LogP contribution in [0.1, 0.15) is 44.7 Å². The molecule has 0 aliphatic carbocycles. The fraction of sp³-hybridized carbons (Fsp3) is 0.500. The van der Waals surface area contributed by atoms with E-state index in [1.807, 2.05) is 38.1 Å². The molecular formula is C16H23N3O2. The van der Waals surface area contributed by atoms with Crippen molar-refractivity contribution in [2.24, 2.45) is 5.73 Å². The van der Waals surface area contributed by atoms with Gasteiger partial charge in [0.15, 0.2) is 0 Å². The monoisotopic (exact) mass is 289 g/mol. The van der Waals surface area contributed by atoms with Crippen LogP contribution in [0.25, 0.3) is 0 Å². The van der Waals surface area contributed by atoms with E-state index >= 15 is 0 Å². The first-order valence-corrected chi connectivity index (χ1v) is 7.42. The summed E-state index contributed by atoms with van der Waals surface area (Å²) in [5, 5.41) is 2.93. The van der Waals surface area contributed by atoms with Gasteiger partial charge in [0.25, 0.3) is 0 Å². The highest BCUT2D eigenvalue weighted by atomic mass is 16.2. The molecule has 1 aromatic carbocycles. The zero-order valence-corrected chi connectivity index (χ0v) is 12.6. The zero-order valence-electron chi connectivity index (χ0n) is 12.6. The maximum atomic E-state index is 11.8. The van der Waals surface area contributed by atoms with Crippen LogP contribution in [0.2, 0.25) is 0 Å². The molecule has 1 aromatic rings. The molecule has 1 aliphatic heterocycles. The minimum Gasteiger partial charge on any atom is -0.350 e. The Morgan fingerprint density at radius 2 is 2.19 bits per heavy atom. The van der Waals surface area contributed by atoms with E-state index in [2.05, 4.69) is 5.32 Å². The molecule has 3 N–H and O–H groups in total. The smallest absolute Gasteiger partial charge is 0.227 e. The Morgan fingerprint density at radius 1 is 1.43 bits per heavy atom. The molecule has 2 atom stereocenters. The first-order chi connectivity index (χ1) is 9.97. The molecule has 1 aliphatic rings. The third-order valence-electron chi connectivity index (χ3n) is 3.64. The number of rotatable bonds is 5. The average molecular weight is 289 g/mol. The van der Waals surface area contributed by atoms with Crippen LogP contribution in [0.5, 0.6) is 0 Å². The van der Waals surface area contributed by atoms with Gasteiger partial charge in [0.2, 0.25) is 11.8 Å². The predicted molar refractivity (Wildman–Crippen MR) is 82.9 cm³/mol. The lowest BCUT2D eigenvalue weighted by Crippen LogP contribution is -2.32. The Kier molecular flexibility index (Phi) is 4.96. The van der Waals surface area contributed by atoms with E-state index < -0.39 is 0 Å². The lowest BCUT2D eigenvalue weighted by atomic mass is 10.1. The number of hydrogen-bond donors (Lipinski definition) is 2. The molecule has 2 rings (SSSR count). The fourth-order valence-electron chi connectivity index (χ4n) is 2.56. The van der Waals surface area contributed by atoms with Crippen molar-refractivity contribution in [2.45, 2.75) is 45.2 Å². The second-order valence-corrected chi connectivity index (χ2v) is 5.71. The van der Waals surface area contributed by atoms with Crippen molar-refractivity contribution in [3.05, 3.63) is 29.8 Å². The number of benzene rings is 1. The van der Waals surface area contributed by atoms with Gasteiger partial charge in [0.05, 0.1) is 6.04 Å². The van der Waals surface area contributed by atoms with E-state index in [0.717, 1.165) is 24.2 Å². The number of nitrogens with two attached hydrogens (primary N) is 1. The molecule has 0 spiro atoms.